The predicted molar refractivity (Wildman–Crippen MR) is 82.1 cm³/mol. The maximum atomic E-state index is 12.7. The molecule has 2 rings (SSSR count). The van der Waals surface area contributed by atoms with Gasteiger partial charge in [0.05, 0.1) is 19.3 Å². The number of rotatable bonds is 5. The van der Waals surface area contributed by atoms with Gasteiger partial charge in [-0.25, -0.2) is 0 Å². The fourth-order valence-corrected chi connectivity index (χ4v) is 2.12. The largest absolute Gasteiger partial charge is 0.496 e. The van der Waals surface area contributed by atoms with Crippen molar-refractivity contribution in [1.82, 2.24) is 9.88 Å². The molecular weight excluding hydrogens is 266 g/mol. The summed E-state index contributed by atoms with van der Waals surface area (Å²) in [5.41, 5.74) is 7.59. The second-order valence-corrected chi connectivity index (χ2v) is 4.56. The Morgan fingerprint density at radius 3 is 2.71 bits per heavy atom. The zero-order valence-electron chi connectivity index (χ0n) is 12.2. The molecule has 0 fully saturated rings. The molecule has 2 aromatic rings. The average molecular weight is 285 g/mol. The molecule has 21 heavy (non-hydrogen) atoms. The summed E-state index contributed by atoms with van der Waals surface area (Å²) in [4.78, 5) is 18.7. The number of benzene rings is 1. The summed E-state index contributed by atoms with van der Waals surface area (Å²) >= 11 is 0. The van der Waals surface area contributed by atoms with Crippen molar-refractivity contribution < 1.29 is 9.53 Å². The van der Waals surface area contributed by atoms with Crippen LogP contribution in [-0.4, -0.2) is 29.4 Å². The fourth-order valence-electron chi connectivity index (χ4n) is 2.12. The molecule has 110 valence electrons. The van der Waals surface area contributed by atoms with E-state index in [1.807, 2.05) is 25.1 Å². The van der Waals surface area contributed by atoms with Gasteiger partial charge in [0.25, 0.3) is 5.91 Å². The molecule has 0 radical (unpaired) electrons. The van der Waals surface area contributed by atoms with Crippen molar-refractivity contribution in [2.24, 2.45) is 0 Å². The van der Waals surface area contributed by atoms with Crippen LogP contribution in [0.25, 0.3) is 0 Å². The Morgan fingerprint density at radius 1 is 1.29 bits per heavy atom. The number of nitrogen functional groups attached to an aromatic ring is 1. The highest BCUT2D eigenvalue weighted by Gasteiger charge is 2.21. The molecule has 0 bridgehead atoms. The topological polar surface area (TPSA) is 68.5 Å². The summed E-state index contributed by atoms with van der Waals surface area (Å²) in [6, 6.07) is 10.8. The van der Waals surface area contributed by atoms with Gasteiger partial charge in [0.2, 0.25) is 0 Å². The summed E-state index contributed by atoms with van der Waals surface area (Å²) in [5, 5.41) is 0. The van der Waals surface area contributed by atoms with Crippen molar-refractivity contribution in [3.63, 3.8) is 0 Å². The Balaban J connectivity index is 2.29. The number of carbonyl (C=O) groups is 1. The molecule has 0 unspecified atom stereocenters. The molecule has 1 aromatic carbocycles. The van der Waals surface area contributed by atoms with Crippen molar-refractivity contribution in [2.45, 2.75) is 13.5 Å². The van der Waals surface area contributed by atoms with E-state index in [0.717, 1.165) is 5.69 Å². The number of amides is 1. The summed E-state index contributed by atoms with van der Waals surface area (Å²) < 4.78 is 5.25. The van der Waals surface area contributed by atoms with Gasteiger partial charge in [-0.3, -0.25) is 9.78 Å². The Kier molecular flexibility index (Phi) is 4.77. The molecule has 0 aliphatic rings. The van der Waals surface area contributed by atoms with Gasteiger partial charge in [-0.05, 0) is 31.2 Å². The molecular formula is C16H19N3O2. The van der Waals surface area contributed by atoms with Crippen LogP contribution in [0.1, 0.15) is 23.0 Å². The van der Waals surface area contributed by atoms with E-state index in [1.54, 1.807) is 29.3 Å². The van der Waals surface area contributed by atoms with Crippen LogP contribution in [0.3, 0.4) is 0 Å². The molecule has 1 amide bonds. The normalized spacial score (nSPS) is 10.2. The lowest BCUT2D eigenvalue weighted by Gasteiger charge is -2.22. The van der Waals surface area contributed by atoms with E-state index < -0.39 is 0 Å². The van der Waals surface area contributed by atoms with Gasteiger partial charge >= 0.3 is 0 Å². The first-order chi connectivity index (χ1) is 10.2. The van der Waals surface area contributed by atoms with E-state index in [-0.39, 0.29) is 5.91 Å². The van der Waals surface area contributed by atoms with Crippen LogP contribution in [0.15, 0.2) is 42.6 Å². The minimum absolute atomic E-state index is 0.155. The third-order valence-electron chi connectivity index (χ3n) is 3.24. The molecule has 0 saturated heterocycles. The third-order valence-corrected chi connectivity index (χ3v) is 3.24. The molecule has 5 heteroatoms. The lowest BCUT2D eigenvalue weighted by Crippen LogP contribution is -2.31. The Labute approximate surface area is 124 Å². The summed E-state index contributed by atoms with van der Waals surface area (Å²) in [5.74, 6) is 0.331. The van der Waals surface area contributed by atoms with Crippen molar-refractivity contribution in [2.75, 3.05) is 19.4 Å². The van der Waals surface area contributed by atoms with E-state index in [2.05, 4.69) is 4.98 Å². The Hall–Kier alpha value is -2.56. The minimum Gasteiger partial charge on any atom is -0.496 e. The third kappa shape index (κ3) is 3.31. The molecule has 1 heterocycles. The van der Waals surface area contributed by atoms with Crippen molar-refractivity contribution >= 4 is 11.6 Å². The van der Waals surface area contributed by atoms with E-state index in [4.69, 9.17) is 10.5 Å². The number of hydrogen-bond acceptors (Lipinski definition) is 4. The highest BCUT2D eigenvalue weighted by Crippen LogP contribution is 2.26. The first-order valence-electron chi connectivity index (χ1n) is 6.79. The zero-order chi connectivity index (χ0) is 15.2. The number of nitrogens with two attached hydrogens (primary N) is 1. The van der Waals surface area contributed by atoms with Gasteiger partial charge in [-0.15, -0.1) is 0 Å². The van der Waals surface area contributed by atoms with E-state index in [9.17, 15) is 4.79 Å². The lowest BCUT2D eigenvalue weighted by atomic mass is 10.1. The van der Waals surface area contributed by atoms with Gasteiger partial charge in [0.1, 0.15) is 11.3 Å². The molecule has 0 spiro atoms. The Bertz CT molecular complexity index is 614. The van der Waals surface area contributed by atoms with E-state index in [0.29, 0.717) is 30.1 Å². The summed E-state index contributed by atoms with van der Waals surface area (Å²) in [6.45, 7) is 2.92. The second-order valence-electron chi connectivity index (χ2n) is 4.56. The monoisotopic (exact) mass is 285 g/mol. The molecule has 0 aliphatic carbocycles. The van der Waals surface area contributed by atoms with Crippen LogP contribution in [0, 0.1) is 0 Å². The number of nitrogens with zero attached hydrogens (tertiary/aromatic N) is 2. The van der Waals surface area contributed by atoms with Gasteiger partial charge < -0.3 is 15.4 Å². The van der Waals surface area contributed by atoms with Crippen molar-refractivity contribution in [3.8, 4) is 5.75 Å². The first kappa shape index (κ1) is 14.8. The Morgan fingerprint density at radius 2 is 2.10 bits per heavy atom. The number of aromatic nitrogens is 1. The summed E-state index contributed by atoms with van der Waals surface area (Å²) in [6.07, 6.45) is 1.71. The van der Waals surface area contributed by atoms with Gasteiger partial charge in [0, 0.05) is 18.4 Å². The maximum absolute atomic E-state index is 12.7. The highest BCUT2D eigenvalue weighted by atomic mass is 16.5. The smallest absolute Gasteiger partial charge is 0.260 e. The molecule has 0 atom stereocenters. The minimum atomic E-state index is -0.155. The number of carbonyl (C=O) groups excluding carboxylic acids is 1. The zero-order valence-corrected chi connectivity index (χ0v) is 12.2. The molecule has 0 aliphatic heterocycles. The molecule has 1 aromatic heterocycles. The maximum Gasteiger partial charge on any atom is 0.260 e. The van der Waals surface area contributed by atoms with Gasteiger partial charge in [0.15, 0.2) is 0 Å². The number of methoxy groups -OCH3 is 1. The van der Waals surface area contributed by atoms with Crippen LogP contribution in [-0.2, 0) is 6.54 Å². The predicted octanol–water partition coefficient (Wildman–Crippen LogP) is 2.33. The van der Waals surface area contributed by atoms with E-state index in [1.165, 1.54) is 7.11 Å². The van der Waals surface area contributed by atoms with Crippen LogP contribution in [0.4, 0.5) is 5.69 Å². The number of pyridine rings is 1. The fraction of sp³-hybridized carbons (Fsp3) is 0.250. The molecule has 2 N–H and O–H groups in total. The van der Waals surface area contributed by atoms with Gasteiger partial charge in [-0.1, -0.05) is 12.1 Å². The van der Waals surface area contributed by atoms with E-state index >= 15 is 0 Å². The van der Waals surface area contributed by atoms with Crippen molar-refractivity contribution in [3.05, 3.63) is 53.9 Å². The van der Waals surface area contributed by atoms with Gasteiger partial charge in [-0.2, -0.15) is 0 Å². The number of ether oxygens (including phenoxy) is 1. The number of anilines is 1. The second kappa shape index (κ2) is 6.74. The standard InChI is InChI=1S/C16H19N3O2/c1-3-19(11-12-7-4-5-10-18-12)16(20)15-13(17)8-6-9-14(15)21-2/h4-10H,3,11,17H2,1-2H3. The molecule has 0 saturated carbocycles. The van der Waals surface area contributed by atoms with Crippen LogP contribution in [0.2, 0.25) is 0 Å². The quantitative estimate of drug-likeness (QED) is 0.856. The van der Waals surface area contributed by atoms with Crippen LogP contribution >= 0.6 is 0 Å². The highest BCUT2D eigenvalue weighted by molar-refractivity contribution is 6.01. The van der Waals surface area contributed by atoms with Crippen LogP contribution < -0.4 is 10.5 Å². The van der Waals surface area contributed by atoms with Crippen LogP contribution in [0.5, 0.6) is 5.75 Å². The molecule has 5 nitrogen and oxygen atoms in total. The SMILES string of the molecule is CCN(Cc1ccccn1)C(=O)c1c(N)cccc1OC. The first-order valence-corrected chi connectivity index (χ1v) is 6.79. The van der Waals surface area contributed by atoms with Crippen molar-refractivity contribution in [1.29, 1.82) is 0 Å². The average Bonchev–Trinajstić information content (AvgIpc) is 2.52. The number of hydrogen-bond donors (Lipinski definition) is 1. The lowest BCUT2D eigenvalue weighted by molar-refractivity contribution is 0.0748. The summed E-state index contributed by atoms with van der Waals surface area (Å²) in [7, 11) is 1.53.